The first-order valence-corrected chi connectivity index (χ1v) is 7.95. The molecule has 2 aliphatic heterocycles. The molecule has 26 heavy (non-hydrogen) atoms. The molecule has 2 aromatic carbocycles. The predicted molar refractivity (Wildman–Crippen MR) is 89.4 cm³/mol. The molecule has 0 saturated carbocycles. The zero-order valence-corrected chi connectivity index (χ0v) is 13.3. The molecule has 3 heterocycles. The van der Waals surface area contributed by atoms with Crippen LogP contribution in [0.4, 0.5) is 8.78 Å². The number of halogens is 2. The van der Waals surface area contributed by atoms with Crippen LogP contribution in [0.25, 0.3) is 22.0 Å². The fraction of sp³-hybridized carbons (Fsp3) is 0.0500. The van der Waals surface area contributed by atoms with Crippen LogP contribution in [0.15, 0.2) is 60.8 Å². The Labute approximate surface area is 146 Å². The van der Waals surface area contributed by atoms with Gasteiger partial charge in [-0.05, 0) is 29.0 Å². The number of carbonyl (C=O) groups is 1. The van der Waals surface area contributed by atoms with E-state index < -0.39 is 12.1 Å². The van der Waals surface area contributed by atoms with E-state index in [1.807, 2.05) is 30.3 Å². The highest BCUT2D eigenvalue weighted by atomic mass is 19.3. The minimum absolute atomic E-state index is 0.0329. The topological polar surface area (TPSA) is 48.0 Å². The maximum absolute atomic E-state index is 15.2. The van der Waals surface area contributed by atoms with Gasteiger partial charge in [0, 0.05) is 17.7 Å². The van der Waals surface area contributed by atoms with E-state index in [0.29, 0.717) is 15.0 Å². The van der Waals surface area contributed by atoms with E-state index in [-0.39, 0.29) is 22.5 Å². The van der Waals surface area contributed by atoms with Crippen molar-refractivity contribution in [1.82, 2.24) is 4.90 Å². The van der Waals surface area contributed by atoms with Crippen LogP contribution in [-0.2, 0) is 6.17 Å². The second kappa shape index (κ2) is 4.73. The summed E-state index contributed by atoms with van der Waals surface area (Å²) in [7, 11) is 0. The lowest BCUT2D eigenvalue weighted by Gasteiger charge is -2.27. The van der Waals surface area contributed by atoms with Crippen LogP contribution in [0.3, 0.4) is 0 Å². The lowest BCUT2D eigenvalue weighted by atomic mass is 9.98. The molecule has 6 heteroatoms. The molecule has 0 unspecified atom stereocenters. The zero-order chi connectivity index (χ0) is 18.1. The van der Waals surface area contributed by atoms with Gasteiger partial charge >= 0.3 is 6.17 Å². The van der Waals surface area contributed by atoms with Crippen LogP contribution in [0.2, 0.25) is 0 Å². The van der Waals surface area contributed by atoms with Crippen LogP contribution >= 0.6 is 0 Å². The Morgan fingerprint density at radius 2 is 1.65 bits per heavy atom. The molecule has 0 bridgehead atoms. The Bertz CT molecular complexity index is 1210. The van der Waals surface area contributed by atoms with Crippen LogP contribution < -0.4 is 4.57 Å². The number of hydrogen-bond acceptors (Lipinski definition) is 2. The van der Waals surface area contributed by atoms with Crippen LogP contribution in [0.1, 0.15) is 21.6 Å². The number of rotatable bonds is 0. The fourth-order valence-corrected chi connectivity index (χ4v) is 3.68. The van der Waals surface area contributed by atoms with Crippen molar-refractivity contribution >= 4 is 27.9 Å². The quantitative estimate of drug-likeness (QED) is 0.462. The molecule has 4 nitrogen and oxygen atoms in total. The number of aromatic nitrogens is 1. The number of benzene rings is 2. The van der Waals surface area contributed by atoms with E-state index >= 15 is 8.78 Å². The molecule has 0 fully saturated rings. The van der Waals surface area contributed by atoms with Gasteiger partial charge in [0.2, 0.25) is 5.69 Å². The second-order valence-corrected chi connectivity index (χ2v) is 6.19. The van der Waals surface area contributed by atoms with Crippen LogP contribution in [-0.4, -0.2) is 10.8 Å². The molecule has 3 aromatic rings. The van der Waals surface area contributed by atoms with Gasteiger partial charge in [0.25, 0.3) is 5.91 Å². The number of carbonyl (C=O) groups excluding carboxylic acids is 1. The molecule has 0 atom stereocenters. The Kier molecular flexibility index (Phi) is 2.68. The first-order chi connectivity index (χ1) is 12.5. The summed E-state index contributed by atoms with van der Waals surface area (Å²) in [5.41, 5.74) is 0.646. The van der Waals surface area contributed by atoms with Crippen LogP contribution in [0.5, 0.6) is 0 Å². The molecule has 2 aliphatic rings. The van der Waals surface area contributed by atoms with Crippen LogP contribution in [0, 0.1) is 11.3 Å². The third-order valence-corrected chi connectivity index (χ3v) is 4.82. The Balaban J connectivity index is 1.93. The van der Waals surface area contributed by atoms with E-state index in [0.717, 1.165) is 10.8 Å². The number of hydrogen-bond donors (Lipinski definition) is 0. The van der Waals surface area contributed by atoms with Crippen molar-refractivity contribution in [2.75, 3.05) is 0 Å². The van der Waals surface area contributed by atoms with E-state index in [1.54, 1.807) is 18.2 Å². The molecule has 0 spiro atoms. The Morgan fingerprint density at radius 1 is 1.00 bits per heavy atom. The summed E-state index contributed by atoms with van der Waals surface area (Å²) in [6, 6.07) is 17.1. The average molecular weight is 346 g/mol. The summed E-state index contributed by atoms with van der Waals surface area (Å²) in [6.07, 6.45) is -2.43. The van der Waals surface area contributed by atoms with Crippen molar-refractivity contribution in [2.24, 2.45) is 0 Å². The zero-order valence-electron chi connectivity index (χ0n) is 13.3. The van der Waals surface area contributed by atoms with Gasteiger partial charge in [0.1, 0.15) is 11.6 Å². The third kappa shape index (κ3) is 1.64. The fourth-order valence-electron chi connectivity index (χ4n) is 3.68. The minimum Gasteiger partial charge on any atom is -0.268 e. The molecule has 1 amide bonds. The summed E-state index contributed by atoms with van der Waals surface area (Å²) >= 11 is 0. The van der Waals surface area contributed by atoms with Crippen molar-refractivity contribution in [2.45, 2.75) is 6.17 Å². The lowest BCUT2D eigenvalue weighted by Crippen LogP contribution is -2.64. The number of fused-ring (bicyclic) bond motifs is 5. The standard InChI is InChI=1S/C20H10F2N3O/c21-20(22)24-8-4-3-7-17(24)16(11-23)18-14-9-12-5-1-2-6-13(12)10-15(14)19(26)25(18)20/h1-10H/q+1. The van der Waals surface area contributed by atoms with Crippen molar-refractivity contribution in [3.63, 3.8) is 0 Å². The van der Waals surface area contributed by atoms with Crippen molar-refractivity contribution < 1.29 is 18.1 Å². The third-order valence-electron chi connectivity index (χ3n) is 4.82. The van der Waals surface area contributed by atoms with E-state index in [4.69, 9.17) is 0 Å². The molecule has 124 valence electrons. The first kappa shape index (κ1) is 14.7. The van der Waals surface area contributed by atoms with Gasteiger partial charge < -0.3 is 0 Å². The predicted octanol–water partition coefficient (Wildman–Crippen LogP) is 3.50. The molecular weight excluding hydrogens is 336 g/mol. The van der Waals surface area contributed by atoms with Gasteiger partial charge in [0.15, 0.2) is 6.20 Å². The van der Waals surface area contributed by atoms with Gasteiger partial charge in [-0.3, -0.25) is 4.79 Å². The molecule has 0 radical (unpaired) electrons. The molecule has 0 saturated heterocycles. The van der Waals surface area contributed by atoms with Gasteiger partial charge in [-0.15, -0.1) is 13.3 Å². The molecule has 0 N–H and O–H groups in total. The van der Waals surface area contributed by atoms with Crippen molar-refractivity contribution in [1.29, 1.82) is 5.26 Å². The van der Waals surface area contributed by atoms with Gasteiger partial charge in [-0.1, -0.05) is 24.3 Å². The summed E-state index contributed by atoms with van der Waals surface area (Å²) < 4.78 is 31.0. The summed E-state index contributed by atoms with van der Waals surface area (Å²) in [6.45, 7) is 0. The first-order valence-electron chi connectivity index (χ1n) is 7.95. The average Bonchev–Trinajstić information content (AvgIpc) is 2.94. The molecule has 0 aliphatic carbocycles. The SMILES string of the molecule is N#CC1=C2c3cc4ccccc4cc3C(=O)N2C(F)(F)[n+]2ccccc21. The monoisotopic (exact) mass is 346 g/mol. The van der Waals surface area contributed by atoms with E-state index in [2.05, 4.69) is 0 Å². The second-order valence-electron chi connectivity index (χ2n) is 6.19. The highest BCUT2D eigenvalue weighted by molar-refractivity contribution is 6.17. The smallest absolute Gasteiger partial charge is 0.268 e. The maximum Gasteiger partial charge on any atom is 0.568 e. The molecule has 1 aromatic heterocycles. The Morgan fingerprint density at radius 3 is 2.35 bits per heavy atom. The number of allylic oxidation sites excluding steroid dienone is 1. The van der Waals surface area contributed by atoms with Gasteiger partial charge in [-0.25, -0.2) is 0 Å². The lowest BCUT2D eigenvalue weighted by molar-refractivity contribution is -0.845. The van der Waals surface area contributed by atoms with Gasteiger partial charge in [0.05, 0.1) is 11.3 Å². The number of alkyl halides is 2. The normalized spacial score (nSPS) is 17.0. The highest BCUT2D eigenvalue weighted by Crippen LogP contribution is 2.46. The summed E-state index contributed by atoms with van der Waals surface area (Å²) in [5, 5.41) is 11.3. The molecular formula is C20H10F2N3O+. The number of amides is 1. The highest BCUT2D eigenvalue weighted by Gasteiger charge is 2.61. The van der Waals surface area contributed by atoms with Crippen molar-refractivity contribution in [3.05, 3.63) is 77.6 Å². The number of pyridine rings is 1. The Hall–Kier alpha value is -3.59. The number of nitriles is 1. The molecule has 5 rings (SSSR count). The van der Waals surface area contributed by atoms with E-state index in [1.165, 1.54) is 18.3 Å². The maximum atomic E-state index is 15.2. The summed E-state index contributed by atoms with van der Waals surface area (Å²) in [4.78, 5) is 13.3. The largest absolute Gasteiger partial charge is 0.568 e. The number of nitrogens with zero attached hydrogens (tertiary/aromatic N) is 3. The summed E-state index contributed by atoms with van der Waals surface area (Å²) in [5.74, 6) is -0.805. The minimum atomic E-state index is -3.60. The van der Waals surface area contributed by atoms with Crippen molar-refractivity contribution in [3.8, 4) is 6.07 Å². The van der Waals surface area contributed by atoms with Gasteiger partial charge in [-0.2, -0.15) is 10.2 Å². The van der Waals surface area contributed by atoms with E-state index in [9.17, 15) is 10.1 Å².